The molecule has 1 atom stereocenters. The lowest BCUT2D eigenvalue weighted by Gasteiger charge is -2.22. The molecule has 1 aliphatic heterocycles. The first-order valence-electron chi connectivity index (χ1n) is 7.05. The van der Waals surface area contributed by atoms with Crippen LogP contribution in [0.25, 0.3) is 0 Å². The van der Waals surface area contributed by atoms with Gasteiger partial charge in [0.25, 0.3) is 0 Å². The third-order valence-electron chi connectivity index (χ3n) is 3.74. The fourth-order valence-electron chi connectivity index (χ4n) is 2.72. The quantitative estimate of drug-likeness (QED) is 0.794. The summed E-state index contributed by atoms with van der Waals surface area (Å²) in [6, 6.07) is 14.9. The van der Waals surface area contributed by atoms with Crippen LogP contribution in [0.2, 0.25) is 0 Å². The average Bonchev–Trinajstić information content (AvgIpc) is 2.84. The summed E-state index contributed by atoms with van der Waals surface area (Å²) in [6.07, 6.45) is 0.768. The molecule has 0 bridgehead atoms. The van der Waals surface area contributed by atoms with E-state index in [1.54, 1.807) is 17.0 Å². The highest BCUT2D eigenvalue weighted by molar-refractivity contribution is 9.10. The Morgan fingerprint density at radius 2 is 1.82 bits per heavy atom. The molecule has 0 spiro atoms. The number of para-hydroxylation sites is 2. The number of hydrogen-bond donors (Lipinski definition) is 1. The molecule has 0 radical (unpaired) electrons. The van der Waals surface area contributed by atoms with E-state index in [2.05, 4.69) is 21.2 Å². The zero-order chi connectivity index (χ0) is 15.7. The van der Waals surface area contributed by atoms with Crippen LogP contribution in [-0.4, -0.2) is 17.9 Å². The molecule has 22 heavy (non-hydrogen) atoms. The van der Waals surface area contributed by atoms with E-state index in [4.69, 9.17) is 0 Å². The summed E-state index contributed by atoms with van der Waals surface area (Å²) in [7, 11) is 0. The highest BCUT2D eigenvalue weighted by atomic mass is 79.9. The van der Waals surface area contributed by atoms with Gasteiger partial charge in [-0.05, 0) is 53.0 Å². The molecule has 3 rings (SSSR count). The van der Waals surface area contributed by atoms with Crippen molar-refractivity contribution in [1.82, 2.24) is 0 Å². The van der Waals surface area contributed by atoms with Crippen molar-refractivity contribution < 1.29 is 9.59 Å². The lowest BCUT2D eigenvalue weighted by molar-refractivity contribution is -0.134. The number of amides is 2. The number of rotatable bonds is 1. The van der Waals surface area contributed by atoms with Gasteiger partial charge in [-0.2, -0.15) is 0 Å². The van der Waals surface area contributed by atoms with E-state index in [0.29, 0.717) is 5.69 Å². The lowest BCUT2D eigenvalue weighted by atomic mass is 10.1. The Labute approximate surface area is 137 Å². The minimum atomic E-state index is -0.629. The number of hydrogen-bond acceptors (Lipinski definition) is 2. The zero-order valence-electron chi connectivity index (χ0n) is 12.0. The summed E-state index contributed by atoms with van der Waals surface area (Å²) in [5, 5.41) is 2.66. The van der Waals surface area contributed by atoms with E-state index >= 15 is 0 Å². The Morgan fingerprint density at radius 1 is 1.14 bits per heavy atom. The maximum Gasteiger partial charge on any atom is 0.316 e. The van der Waals surface area contributed by atoms with Crippen LogP contribution in [0.15, 0.2) is 53.0 Å². The molecule has 0 aromatic heterocycles. The number of halogens is 1. The van der Waals surface area contributed by atoms with Gasteiger partial charge in [0.05, 0.1) is 5.69 Å². The molecular weight excluding hydrogens is 344 g/mol. The Kier molecular flexibility index (Phi) is 3.98. The van der Waals surface area contributed by atoms with Crippen molar-refractivity contribution in [3.05, 3.63) is 58.6 Å². The molecule has 2 aromatic rings. The highest BCUT2D eigenvalue weighted by Gasteiger charge is 2.34. The van der Waals surface area contributed by atoms with E-state index < -0.39 is 11.8 Å². The molecule has 1 aliphatic rings. The Morgan fingerprint density at radius 3 is 2.59 bits per heavy atom. The third-order valence-corrected chi connectivity index (χ3v) is 4.43. The topological polar surface area (TPSA) is 49.4 Å². The van der Waals surface area contributed by atoms with Crippen molar-refractivity contribution >= 4 is 39.1 Å². The van der Waals surface area contributed by atoms with Crippen LogP contribution >= 0.6 is 15.9 Å². The first-order valence-corrected chi connectivity index (χ1v) is 7.84. The molecule has 1 heterocycles. The predicted molar refractivity (Wildman–Crippen MR) is 89.9 cm³/mol. The molecule has 1 unspecified atom stereocenters. The summed E-state index contributed by atoms with van der Waals surface area (Å²) in [6.45, 7) is 1.95. The van der Waals surface area contributed by atoms with Gasteiger partial charge in [0.2, 0.25) is 0 Å². The van der Waals surface area contributed by atoms with Gasteiger partial charge in [-0.15, -0.1) is 0 Å². The summed E-state index contributed by atoms with van der Waals surface area (Å²) in [5.74, 6) is -1.16. The molecule has 5 heteroatoms. The number of nitrogens with one attached hydrogen (secondary N) is 1. The van der Waals surface area contributed by atoms with Gasteiger partial charge < -0.3 is 10.2 Å². The minimum Gasteiger partial charge on any atom is -0.317 e. The highest BCUT2D eigenvalue weighted by Crippen LogP contribution is 2.32. The van der Waals surface area contributed by atoms with Gasteiger partial charge in [-0.25, -0.2) is 0 Å². The first-order chi connectivity index (χ1) is 10.6. The van der Waals surface area contributed by atoms with Crippen LogP contribution in [0.4, 0.5) is 11.4 Å². The van der Waals surface area contributed by atoms with Crippen molar-refractivity contribution in [3.8, 4) is 0 Å². The molecule has 0 saturated carbocycles. The molecule has 2 aromatic carbocycles. The zero-order valence-corrected chi connectivity index (χ0v) is 13.6. The number of carbonyl (C=O) groups excluding carboxylic acids is 2. The molecule has 0 aliphatic carbocycles. The van der Waals surface area contributed by atoms with Crippen molar-refractivity contribution in [2.24, 2.45) is 0 Å². The van der Waals surface area contributed by atoms with Gasteiger partial charge in [-0.3, -0.25) is 9.59 Å². The summed E-state index contributed by atoms with van der Waals surface area (Å²) >= 11 is 3.36. The molecule has 2 amide bonds. The monoisotopic (exact) mass is 358 g/mol. The average molecular weight is 359 g/mol. The summed E-state index contributed by atoms with van der Waals surface area (Å²) in [5.41, 5.74) is 2.50. The van der Waals surface area contributed by atoms with Gasteiger partial charge in [-0.1, -0.05) is 30.3 Å². The van der Waals surface area contributed by atoms with Crippen molar-refractivity contribution in [2.45, 2.75) is 19.4 Å². The van der Waals surface area contributed by atoms with Crippen LogP contribution < -0.4 is 10.2 Å². The predicted octanol–water partition coefficient (Wildman–Crippen LogP) is 3.37. The van der Waals surface area contributed by atoms with Crippen molar-refractivity contribution in [1.29, 1.82) is 0 Å². The van der Waals surface area contributed by atoms with Gasteiger partial charge in [0.1, 0.15) is 0 Å². The normalized spacial score (nSPS) is 16.3. The number of nitrogens with zero attached hydrogens (tertiary/aromatic N) is 1. The van der Waals surface area contributed by atoms with Crippen LogP contribution in [0, 0.1) is 0 Å². The van der Waals surface area contributed by atoms with Crippen LogP contribution in [0.1, 0.15) is 12.5 Å². The maximum absolute atomic E-state index is 12.5. The fourth-order valence-corrected chi connectivity index (χ4v) is 3.11. The van der Waals surface area contributed by atoms with Gasteiger partial charge >= 0.3 is 11.8 Å². The van der Waals surface area contributed by atoms with E-state index in [1.807, 2.05) is 43.3 Å². The fraction of sp³-hybridized carbons (Fsp3) is 0.176. The first kappa shape index (κ1) is 14.8. The number of benzene rings is 2. The smallest absolute Gasteiger partial charge is 0.316 e. The second-order valence-electron chi connectivity index (χ2n) is 5.29. The van der Waals surface area contributed by atoms with Gasteiger partial charge in [0.15, 0.2) is 0 Å². The van der Waals surface area contributed by atoms with Gasteiger partial charge in [0, 0.05) is 16.2 Å². The lowest BCUT2D eigenvalue weighted by Crippen LogP contribution is -2.43. The second-order valence-corrected chi connectivity index (χ2v) is 6.15. The number of fused-ring (bicyclic) bond motifs is 1. The van der Waals surface area contributed by atoms with Crippen LogP contribution in [0.5, 0.6) is 0 Å². The SMILES string of the molecule is CC1Cc2ccccc2N1C(=O)C(=O)Nc1ccccc1Br. The van der Waals surface area contributed by atoms with E-state index in [1.165, 1.54) is 0 Å². The third kappa shape index (κ3) is 2.64. The van der Waals surface area contributed by atoms with E-state index in [0.717, 1.165) is 22.1 Å². The standard InChI is InChI=1S/C17H15BrN2O2/c1-11-10-12-6-2-5-9-15(12)20(11)17(22)16(21)19-14-8-4-3-7-13(14)18/h2-9,11H,10H2,1H3,(H,19,21). The van der Waals surface area contributed by atoms with Crippen molar-refractivity contribution in [2.75, 3.05) is 10.2 Å². The Balaban J connectivity index is 1.82. The van der Waals surface area contributed by atoms with Crippen LogP contribution in [-0.2, 0) is 16.0 Å². The molecule has 0 saturated heterocycles. The molecule has 112 valence electrons. The van der Waals surface area contributed by atoms with E-state index in [9.17, 15) is 9.59 Å². The maximum atomic E-state index is 12.5. The molecular formula is C17H15BrN2O2. The molecule has 0 fully saturated rings. The Bertz CT molecular complexity index is 745. The Hall–Kier alpha value is -2.14. The molecule has 4 nitrogen and oxygen atoms in total. The number of carbonyl (C=O) groups is 2. The van der Waals surface area contributed by atoms with Crippen LogP contribution in [0.3, 0.4) is 0 Å². The largest absolute Gasteiger partial charge is 0.317 e. The summed E-state index contributed by atoms with van der Waals surface area (Å²) in [4.78, 5) is 26.4. The summed E-state index contributed by atoms with van der Waals surface area (Å²) < 4.78 is 0.742. The second kappa shape index (κ2) is 5.93. The number of anilines is 2. The van der Waals surface area contributed by atoms with Crippen molar-refractivity contribution in [3.63, 3.8) is 0 Å². The minimum absolute atomic E-state index is 0.0186. The van der Waals surface area contributed by atoms with E-state index in [-0.39, 0.29) is 6.04 Å². The molecule has 1 N–H and O–H groups in total.